The number of nitrogens with zero attached hydrogens (tertiary/aromatic N) is 4. The molecule has 0 bridgehead atoms. The molecule has 0 amide bonds. The highest BCUT2D eigenvalue weighted by Crippen LogP contribution is 2.26. The Labute approximate surface area is 131 Å². The first-order valence-electron chi connectivity index (χ1n) is 6.38. The molecule has 0 aliphatic carbocycles. The molecule has 2 aromatic heterocycles. The van der Waals surface area contributed by atoms with E-state index in [2.05, 4.69) is 15.0 Å². The summed E-state index contributed by atoms with van der Waals surface area (Å²) in [6.45, 7) is 0.316. The van der Waals surface area contributed by atoms with Crippen LogP contribution in [-0.4, -0.2) is 15.0 Å². The highest BCUT2D eigenvalue weighted by molar-refractivity contribution is 6.31. The van der Waals surface area contributed by atoms with E-state index in [0.717, 1.165) is 5.56 Å². The first-order valence-corrected chi connectivity index (χ1v) is 6.76. The lowest BCUT2D eigenvalue weighted by Crippen LogP contribution is -2.03. The number of anilines is 1. The molecule has 108 valence electrons. The lowest BCUT2D eigenvalue weighted by Gasteiger charge is -2.09. The predicted octanol–water partition coefficient (Wildman–Crippen LogP) is 2.71. The van der Waals surface area contributed by atoms with Crippen LogP contribution in [0.4, 0.5) is 5.95 Å². The largest absolute Gasteiger partial charge is 0.472 e. The quantitative estimate of drug-likeness (QED) is 0.747. The van der Waals surface area contributed by atoms with Crippen LogP contribution in [0.1, 0.15) is 11.1 Å². The van der Waals surface area contributed by atoms with E-state index in [9.17, 15) is 0 Å². The van der Waals surface area contributed by atoms with E-state index < -0.39 is 0 Å². The highest BCUT2D eigenvalue weighted by atomic mass is 35.5. The summed E-state index contributed by atoms with van der Waals surface area (Å²) in [6, 6.07) is 13.1. The number of nitriles is 1. The number of fused-ring (bicyclic) bond motifs is 1. The Hall–Kier alpha value is -2.91. The van der Waals surface area contributed by atoms with E-state index in [1.807, 2.05) is 36.4 Å². The van der Waals surface area contributed by atoms with Crippen molar-refractivity contribution >= 4 is 28.6 Å². The monoisotopic (exact) mass is 311 g/mol. The molecule has 2 heterocycles. The summed E-state index contributed by atoms with van der Waals surface area (Å²) in [4.78, 5) is 12.1. The van der Waals surface area contributed by atoms with Crippen molar-refractivity contribution in [1.82, 2.24) is 15.0 Å². The van der Waals surface area contributed by atoms with E-state index in [1.165, 1.54) is 0 Å². The molecule has 2 N–H and O–H groups in total. The summed E-state index contributed by atoms with van der Waals surface area (Å²) in [5.74, 6) is 0.302. The third-order valence-corrected chi connectivity index (χ3v) is 3.25. The van der Waals surface area contributed by atoms with Crippen LogP contribution in [-0.2, 0) is 6.61 Å². The van der Waals surface area contributed by atoms with Crippen molar-refractivity contribution in [3.63, 3.8) is 0 Å². The Bertz CT molecular complexity index is 876. The summed E-state index contributed by atoms with van der Waals surface area (Å²) >= 11 is 5.91. The van der Waals surface area contributed by atoms with Gasteiger partial charge in [-0.2, -0.15) is 15.2 Å². The van der Waals surface area contributed by atoms with E-state index in [0.29, 0.717) is 17.6 Å². The smallest absolute Gasteiger partial charge is 0.228 e. The second-order valence-corrected chi connectivity index (χ2v) is 4.83. The number of nitrogen functional groups attached to an aromatic ring is 1. The van der Waals surface area contributed by atoms with Gasteiger partial charge in [0.1, 0.15) is 17.8 Å². The number of nitrogens with two attached hydrogens (primary N) is 1. The number of ether oxygens (including phenoxy) is 1. The molecule has 0 unspecified atom stereocenters. The molecule has 0 saturated carbocycles. The number of pyridine rings is 1. The third kappa shape index (κ3) is 2.75. The molecule has 0 radical (unpaired) electrons. The van der Waals surface area contributed by atoms with Gasteiger partial charge in [0.15, 0.2) is 5.65 Å². The number of hydrogen-bond donors (Lipinski definition) is 1. The van der Waals surface area contributed by atoms with Crippen molar-refractivity contribution in [2.24, 2.45) is 0 Å². The van der Waals surface area contributed by atoms with Crippen molar-refractivity contribution in [2.75, 3.05) is 5.73 Å². The van der Waals surface area contributed by atoms with E-state index >= 15 is 0 Å². The fourth-order valence-corrected chi connectivity index (χ4v) is 2.11. The van der Waals surface area contributed by atoms with Gasteiger partial charge in [0.25, 0.3) is 0 Å². The molecule has 0 fully saturated rings. The number of aromatic nitrogens is 3. The van der Waals surface area contributed by atoms with Crippen LogP contribution >= 0.6 is 11.6 Å². The number of benzene rings is 1. The number of hydrogen-bond acceptors (Lipinski definition) is 6. The van der Waals surface area contributed by atoms with Crippen molar-refractivity contribution < 1.29 is 4.74 Å². The standard InChI is InChI=1S/C15H10ClN5O/c16-12-10(7-17)6-11-13(19-12)20-15(18)21-14(11)22-8-9-4-2-1-3-5-9/h1-6H,8H2,(H2,18,19,20,21). The normalized spacial score (nSPS) is 10.4. The van der Waals surface area contributed by atoms with Gasteiger partial charge in [-0.3, -0.25) is 0 Å². The molecular weight excluding hydrogens is 302 g/mol. The minimum atomic E-state index is 0.0313. The molecule has 0 spiro atoms. The average molecular weight is 312 g/mol. The molecule has 1 aromatic carbocycles. The van der Waals surface area contributed by atoms with Crippen LogP contribution in [0.5, 0.6) is 5.88 Å². The molecule has 0 aliphatic heterocycles. The third-order valence-electron chi connectivity index (χ3n) is 2.96. The molecular formula is C15H10ClN5O. The molecule has 3 aromatic rings. The van der Waals surface area contributed by atoms with Crippen LogP contribution in [0.15, 0.2) is 36.4 Å². The molecule has 3 rings (SSSR count). The molecule has 0 saturated heterocycles. The average Bonchev–Trinajstić information content (AvgIpc) is 2.53. The minimum Gasteiger partial charge on any atom is -0.472 e. The lowest BCUT2D eigenvalue weighted by molar-refractivity contribution is 0.298. The van der Waals surface area contributed by atoms with Crippen LogP contribution in [0, 0.1) is 11.3 Å². The van der Waals surface area contributed by atoms with Gasteiger partial charge >= 0.3 is 0 Å². The molecule has 22 heavy (non-hydrogen) atoms. The summed E-state index contributed by atoms with van der Waals surface area (Å²) in [6.07, 6.45) is 0. The highest BCUT2D eigenvalue weighted by Gasteiger charge is 2.13. The zero-order valence-electron chi connectivity index (χ0n) is 11.3. The SMILES string of the molecule is N#Cc1cc2c(OCc3ccccc3)nc(N)nc2nc1Cl. The van der Waals surface area contributed by atoms with Crippen molar-refractivity contribution in [3.8, 4) is 11.9 Å². The topological polar surface area (TPSA) is 97.7 Å². The Kier molecular flexibility index (Phi) is 3.73. The van der Waals surface area contributed by atoms with Crippen LogP contribution in [0.25, 0.3) is 11.0 Å². The van der Waals surface area contributed by atoms with Gasteiger partial charge in [0.05, 0.1) is 10.9 Å². The molecule has 0 aliphatic rings. The molecule has 6 nitrogen and oxygen atoms in total. The van der Waals surface area contributed by atoms with Crippen LogP contribution in [0.3, 0.4) is 0 Å². The van der Waals surface area contributed by atoms with Crippen molar-refractivity contribution in [2.45, 2.75) is 6.61 Å². The van der Waals surface area contributed by atoms with Gasteiger partial charge in [-0.25, -0.2) is 4.98 Å². The Morgan fingerprint density at radius 2 is 1.95 bits per heavy atom. The Morgan fingerprint density at radius 3 is 2.68 bits per heavy atom. The maximum absolute atomic E-state index is 9.05. The maximum Gasteiger partial charge on any atom is 0.228 e. The van der Waals surface area contributed by atoms with Gasteiger partial charge in [-0.05, 0) is 11.6 Å². The van der Waals surface area contributed by atoms with Crippen molar-refractivity contribution in [3.05, 3.63) is 52.7 Å². The summed E-state index contributed by atoms with van der Waals surface area (Å²) in [5.41, 5.74) is 7.17. The zero-order chi connectivity index (χ0) is 15.5. The van der Waals surface area contributed by atoms with E-state index in [1.54, 1.807) is 6.07 Å². The fourth-order valence-electron chi connectivity index (χ4n) is 1.94. The zero-order valence-corrected chi connectivity index (χ0v) is 12.1. The second-order valence-electron chi connectivity index (χ2n) is 4.47. The fraction of sp³-hybridized carbons (Fsp3) is 0.0667. The summed E-state index contributed by atoms with van der Waals surface area (Å²) < 4.78 is 5.70. The lowest BCUT2D eigenvalue weighted by atomic mass is 10.2. The molecule has 0 atom stereocenters. The van der Waals surface area contributed by atoms with Crippen LogP contribution < -0.4 is 10.5 Å². The van der Waals surface area contributed by atoms with Gasteiger partial charge in [0.2, 0.25) is 11.8 Å². The number of rotatable bonds is 3. The first-order chi connectivity index (χ1) is 10.7. The van der Waals surface area contributed by atoms with Gasteiger partial charge in [0, 0.05) is 0 Å². The van der Waals surface area contributed by atoms with Crippen LogP contribution in [0.2, 0.25) is 5.15 Å². The van der Waals surface area contributed by atoms with Crippen molar-refractivity contribution in [1.29, 1.82) is 5.26 Å². The first kappa shape index (κ1) is 14.0. The Balaban J connectivity index is 2.02. The molecule has 7 heteroatoms. The Morgan fingerprint density at radius 1 is 1.18 bits per heavy atom. The minimum absolute atomic E-state index is 0.0313. The van der Waals surface area contributed by atoms with E-state index in [4.69, 9.17) is 27.3 Å². The maximum atomic E-state index is 9.05. The van der Waals surface area contributed by atoms with E-state index in [-0.39, 0.29) is 22.5 Å². The predicted molar refractivity (Wildman–Crippen MR) is 82.2 cm³/mol. The number of halogens is 1. The summed E-state index contributed by atoms with van der Waals surface area (Å²) in [5, 5.41) is 9.61. The van der Waals surface area contributed by atoms with Gasteiger partial charge in [-0.1, -0.05) is 41.9 Å². The summed E-state index contributed by atoms with van der Waals surface area (Å²) in [7, 11) is 0. The van der Waals surface area contributed by atoms with Gasteiger partial charge in [-0.15, -0.1) is 0 Å². The van der Waals surface area contributed by atoms with Gasteiger partial charge < -0.3 is 10.5 Å². The second kappa shape index (κ2) is 5.84.